The molecule has 1 atom stereocenters. The van der Waals surface area contributed by atoms with Crippen molar-refractivity contribution in [2.75, 3.05) is 41.7 Å². The highest BCUT2D eigenvalue weighted by molar-refractivity contribution is 7.99. The van der Waals surface area contributed by atoms with Gasteiger partial charge >= 0.3 is 5.97 Å². The minimum Gasteiger partial charge on any atom is -0.441 e. The first kappa shape index (κ1) is 25.2. The zero-order valence-corrected chi connectivity index (χ0v) is 22.3. The van der Waals surface area contributed by atoms with E-state index in [4.69, 9.17) is 4.74 Å². The van der Waals surface area contributed by atoms with E-state index in [1.165, 1.54) is 11.4 Å². The molecule has 0 fully saturated rings. The highest BCUT2D eigenvalue weighted by atomic mass is 32.2. The van der Waals surface area contributed by atoms with E-state index < -0.39 is 5.60 Å². The number of hydrogen-bond acceptors (Lipinski definition) is 5. The number of carbonyl (C=O) groups is 1. The highest BCUT2D eigenvalue weighted by Crippen LogP contribution is 2.50. The summed E-state index contributed by atoms with van der Waals surface area (Å²) in [4.78, 5) is 19.0. The average Bonchev–Trinajstić information content (AvgIpc) is 3.19. The number of nitrogens with zero attached hydrogens (tertiary/aromatic N) is 2. The smallest absolute Gasteiger partial charge is 0.340 e. The van der Waals surface area contributed by atoms with Gasteiger partial charge in [-0.25, -0.2) is 4.79 Å². The van der Waals surface area contributed by atoms with Gasteiger partial charge in [-0.15, -0.1) is 11.8 Å². The number of rotatable bonds is 10. The molecule has 0 N–H and O–H groups in total. The molecule has 1 aliphatic heterocycles. The minimum absolute atomic E-state index is 0.270. The number of thioether (sulfide) groups is 1. The third-order valence-corrected chi connectivity index (χ3v) is 7.88. The first-order valence-electron chi connectivity index (χ1n) is 12.7. The van der Waals surface area contributed by atoms with Crippen molar-refractivity contribution in [3.8, 4) is 0 Å². The summed E-state index contributed by atoms with van der Waals surface area (Å²) in [6.07, 6.45) is 0. The van der Waals surface area contributed by atoms with Crippen molar-refractivity contribution >= 4 is 29.1 Å². The van der Waals surface area contributed by atoms with Crippen LogP contribution in [-0.4, -0.2) is 37.9 Å². The summed E-state index contributed by atoms with van der Waals surface area (Å²) in [7, 11) is 0. The lowest BCUT2D eigenvalue weighted by molar-refractivity contribution is 0.0244. The summed E-state index contributed by atoms with van der Waals surface area (Å²) >= 11 is 1.80. The topological polar surface area (TPSA) is 32.8 Å². The molecular weight excluding hydrogens is 452 g/mol. The second kappa shape index (κ2) is 10.8. The van der Waals surface area contributed by atoms with Crippen molar-refractivity contribution in [1.82, 2.24) is 0 Å². The summed E-state index contributed by atoms with van der Waals surface area (Å²) in [5.41, 5.74) is 4.93. The van der Waals surface area contributed by atoms with Crippen LogP contribution in [0.5, 0.6) is 0 Å². The van der Waals surface area contributed by atoms with Gasteiger partial charge in [0.25, 0.3) is 0 Å². The van der Waals surface area contributed by atoms with Crippen LogP contribution >= 0.6 is 11.8 Å². The Hall–Kier alpha value is -2.92. The molecule has 0 saturated heterocycles. The van der Waals surface area contributed by atoms with Gasteiger partial charge < -0.3 is 14.5 Å². The zero-order chi connectivity index (χ0) is 25.0. The molecule has 0 spiro atoms. The van der Waals surface area contributed by atoms with Gasteiger partial charge in [0.1, 0.15) is 0 Å². The summed E-state index contributed by atoms with van der Waals surface area (Å²) in [5, 5.41) is 0. The summed E-state index contributed by atoms with van der Waals surface area (Å²) in [5.74, 6) is 0.662. The Morgan fingerprint density at radius 2 is 1.34 bits per heavy atom. The van der Waals surface area contributed by atoms with Crippen LogP contribution < -0.4 is 9.80 Å². The van der Waals surface area contributed by atoms with Crippen LogP contribution in [0, 0.1) is 0 Å². The molecule has 1 heterocycles. The van der Waals surface area contributed by atoms with Gasteiger partial charge in [-0.05, 0) is 63.8 Å². The molecular formula is C30H36N2O2S. The Bertz CT molecular complexity index is 1170. The van der Waals surface area contributed by atoms with Gasteiger partial charge in [-0.2, -0.15) is 0 Å². The van der Waals surface area contributed by atoms with Crippen molar-refractivity contribution in [1.29, 1.82) is 0 Å². The monoisotopic (exact) mass is 488 g/mol. The molecule has 35 heavy (non-hydrogen) atoms. The van der Waals surface area contributed by atoms with E-state index in [9.17, 15) is 4.79 Å². The van der Waals surface area contributed by atoms with Gasteiger partial charge in [0, 0.05) is 59.1 Å². The van der Waals surface area contributed by atoms with E-state index in [0.29, 0.717) is 5.56 Å². The third-order valence-electron chi connectivity index (χ3n) is 6.95. The van der Waals surface area contributed by atoms with Crippen LogP contribution in [0.1, 0.15) is 61.7 Å². The predicted molar refractivity (Wildman–Crippen MR) is 148 cm³/mol. The molecule has 1 unspecified atom stereocenters. The molecule has 4 nitrogen and oxygen atoms in total. The van der Waals surface area contributed by atoms with Crippen LogP contribution in [0.25, 0.3) is 0 Å². The van der Waals surface area contributed by atoms with E-state index >= 15 is 0 Å². The van der Waals surface area contributed by atoms with Crippen LogP contribution in [0.4, 0.5) is 11.4 Å². The summed E-state index contributed by atoms with van der Waals surface area (Å²) in [6, 6.07) is 23.0. The Labute approximate surface area is 214 Å². The summed E-state index contributed by atoms with van der Waals surface area (Å²) < 4.78 is 6.41. The maximum Gasteiger partial charge on any atom is 0.340 e. The van der Waals surface area contributed by atoms with Crippen molar-refractivity contribution in [2.45, 2.75) is 45.1 Å². The number of cyclic esters (lactones) is 1. The third kappa shape index (κ3) is 4.42. The maximum absolute atomic E-state index is 13.2. The number of hydrogen-bond donors (Lipinski definition) is 0. The van der Waals surface area contributed by atoms with Crippen LogP contribution in [-0.2, 0) is 10.3 Å². The van der Waals surface area contributed by atoms with Gasteiger partial charge in [-0.3, -0.25) is 0 Å². The van der Waals surface area contributed by atoms with Crippen molar-refractivity contribution in [3.63, 3.8) is 0 Å². The number of esters is 1. The lowest BCUT2D eigenvalue weighted by Crippen LogP contribution is -2.31. The highest BCUT2D eigenvalue weighted by Gasteiger charge is 2.49. The Morgan fingerprint density at radius 1 is 0.743 bits per heavy atom. The molecule has 5 heteroatoms. The molecule has 4 rings (SSSR count). The van der Waals surface area contributed by atoms with Gasteiger partial charge in [-0.1, -0.05) is 43.3 Å². The van der Waals surface area contributed by atoms with Gasteiger partial charge in [0.2, 0.25) is 0 Å². The molecule has 1 aliphatic rings. The fourth-order valence-corrected chi connectivity index (χ4v) is 6.03. The second-order valence-electron chi connectivity index (χ2n) is 8.62. The zero-order valence-electron chi connectivity index (χ0n) is 21.5. The lowest BCUT2D eigenvalue weighted by Gasteiger charge is -2.33. The number of benzene rings is 3. The van der Waals surface area contributed by atoms with E-state index in [-0.39, 0.29) is 5.97 Å². The normalized spacial score (nSPS) is 16.7. The number of anilines is 2. The molecule has 0 bridgehead atoms. The Kier molecular flexibility index (Phi) is 7.75. The first-order valence-corrected chi connectivity index (χ1v) is 13.7. The molecule has 3 aromatic carbocycles. The van der Waals surface area contributed by atoms with Gasteiger partial charge in [0.05, 0.1) is 5.56 Å². The number of carbonyl (C=O) groups excluding carboxylic acids is 1. The minimum atomic E-state index is -0.977. The lowest BCUT2D eigenvalue weighted by atomic mass is 9.79. The van der Waals surface area contributed by atoms with E-state index in [2.05, 4.69) is 86.9 Å². The molecule has 0 aliphatic carbocycles. The van der Waals surface area contributed by atoms with Crippen molar-refractivity contribution < 1.29 is 9.53 Å². The van der Waals surface area contributed by atoms with Crippen LogP contribution in [0.15, 0.2) is 71.6 Å². The predicted octanol–water partition coefficient (Wildman–Crippen LogP) is 6.95. The molecule has 0 radical (unpaired) electrons. The van der Waals surface area contributed by atoms with E-state index in [1.54, 1.807) is 11.8 Å². The summed E-state index contributed by atoms with van der Waals surface area (Å²) in [6.45, 7) is 14.6. The number of fused-ring (bicyclic) bond motifs is 1. The van der Waals surface area contributed by atoms with Gasteiger partial charge in [0.15, 0.2) is 5.60 Å². The van der Waals surface area contributed by atoms with E-state index in [0.717, 1.165) is 53.5 Å². The fourth-order valence-electron chi connectivity index (χ4n) is 5.15. The molecule has 0 aromatic heterocycles. The standard InChI is InChI=1S/C30H36N2O2S/c1-6-31(7-2)23-17-15-22(16-18-23)30(26-14-12-11-13-25(26)29(33)34-30)27-20-19-24(32(8-3)9-4)21-28(27)35-10-5/h11-21H,6-10H2,1-5H3. The largest absolute Gasteiger partial charge is 0.441 e. The maximum atomic E-state index is 13.2. The second-order valence-corrected chi connectivity index (χ2v) is 9.93. The molecule has 0 saturated carbocycles. The molecule has 184 valence electrons. The molecule has 3 aromatic rings. The van der Waals surface area contributed by atoms with E-state index in [1.807, 2.05) is 24.3 Å². The SMILES string of the molecule is CCSc1cc(N(CC)CC)ccc1C1(c2ccc(N(CC)CC)cc2)OC(=O)c2ccccc21. The Morgan fingerprint density at radius 3 is 1.97 bits per heavy atom. The van der Waals surface area contributed by atoms with Crippen molar-refractivity contribution in [3.05, 3.63) is 89.0 Å². The van der Waals surface area contributed by atoms with Crippen LogP contribution in [0.2, 0.25) is 0 Å². The fraction of sp³-hybridized carbons (Fsp3) is 0.367. The molecule has 0 amide bonds. The Balaban J connectivity index is 1.95. The average molecular weight is 489 g/mol. The number of ether oxygens (including phenoxy) is 1. The quantitative estimate of drug-likeness (QED) is 0.228. The first-order chi connectivity index (χ1) is 17.0. The van der Waals surface area contributed by atoms with Crippen molar-refractivity contribution in [2.24, 2.45) is 0 Å². The van der Waals surface area contributed by atoms with Crippen LogP contribution in [0.3, 0.4) is 0 Å².